The molecule has 1 aliphatic heterocycles. The molecule has 3 fully saturated rings. The lowest BCUT2D eigenvalue weighted by molar-refractivity contribution is -0.154. The zero-order chi connectivity index (χ0) is 14.2. The van der Waals surface area contributed by atoms with Gasteiger partial charge in [0.2, 0.25) is 11.8 Å². The molecular weight excluding hydrogens is 252 g/mol. The molecule has 1 N–H and O–H groups in total. The minimum Gasteiger partial charge on any atom is -0.340 e. The van der Waals surface area contributed by atoms with Crippen molar-refractivity contribution in [3.8, 4) is 0 Å². The number of nitrogens with zero attached hydrogens (tertiary/aromatic N) is 1. The third kappa shape index (κ3) is 2.23. The minimum absolute atomic E-state index is 0.0390. The summed E-state index contributed by atoms with van der Waals surface area (Å²) in [5.74, 6) is 0.230. The number of carbonyl (C=O) groups is 2. The summed E-state index contributed by atoms with van der Waals surface area (Å²) >= 11 is 0. The summed E-state index contributed by atoms with van der Waals surface area (Å²) in [6, 6.07) is 0. The van der Waals surface area contributed by atoms with Crippen molar-refractivity contribution in [2.45, 2.75) is 70.3 Å². The molecule has 2 saturated carbocycles. The van der Waals surface area contributed by atoms with Crippen molar-refractivity contribution in [2.75, 3.05) is 13.1 Å². The molecule has 0 atom stereocenters. The van der Waals surface area contributed by atoms with Gasteiger partial charge in [-0.2, -0.15) is 0 Å². The third-order valence-corrected chi connectivity index (χ3v) is 5.81. The van der Waals surface area contributed by atoms with Crippen molar-refractivity contribution >= 4 is 11.8 Å². The summed E-state index contributed by atoms with van der Waals surface area (Å²) in [5.41, 5.74) is -0.268. The standard InChI is InChI=1S/C16H26N2O2/c1-2-15(7-6-8-15)12-18-11-13(19)17-16(14(18)20)9-4-3-5-10-16/h2-12H2,1H3,(H,17,19). The molecule has 0 unspecified atom stereocenters. The van der Waals surface area contributed by atoms with Crippen LogP contribution in [0.2, 0.25) is 0 Å². The van der Waals surface area contributed by atoms with Gasteiger partial charge < -0.3 is 10.2 Å². The van der Waals surface area contributed by atoms with Gasteiger partial charge in [0, 0.05) is 6.54 Å². The zero-order valence-corrected chi connectivity index (χ0v) is 12.5. The molecule has 0 aromatic heterocycles. The topological polar surface area (TPSA) is 49.4 Å². The predicted molar refractivity (Wildman–Crippen MR) is 77.1 cm³/mol. The Hall–Kier alpha value is -1.06. The fourth-order valence-corrected chi connectivity index (χ4v) is 4.23. The number of piperazine rings is 1. The van der Waals surface area contributed by atoms with Crippen LogP contribution in [0.5, 0.6) is 0 Å². The van der Waals surface area contributed by atoms with Gasteiger partial charge in [-0.25, -0.2) is 0 Å². The van der Waals surface area contributed by atoms with Crippen molar-refractivity contribution in [3.63, 3.8) is 0 Å². The van der Waals surface area contributed by atoms with Gasteiger partial charge in [0.15, 0.2) is 0 Å². The lowest BCUT2D eigenvalue weighted by atomic mass is 9.66. The van der Waals surface area contributed by atoms with Gasteiger partial charge in [-0.3, -0.25) is 9.59 Å². The summed E-state index contributed by atoms with van der Waals surface area (Å²) < 4.78 is 0. The highest BCUT2D eigenvalue weighted by Crippen LogP contribution is 2.45. The third-order valence-electron chi connectivity index (χ3n) is 5.81. The van der Waals surface area contributed by atoms with Crippen LogP contribution in [0.1, 0.15) is 64.7 Å². The second-order valence-corrected chi connectivity index (χ2v) is 7.06. The molecule has 2 amide bonds. The van der Waals surface area contributed by atoms with Crippen LogP contribution in [-0.4, -0.2) is 35.3 Å². The van der Waals surface area contributed by atoms with Crippen LogP contribution in [0.25, 0.3) is 0 Å². The van der Waals surface area contributed by atoms with E-state index < -0.39 is 5.54 Å². The van der Waals surface area contributed by atoms with E-state index in [0.717, 1.165) is 38.6 Å². The van der Waals surface area contributed by atoms with E-state index in [1.807, 2.05) is 4.90 Å². The Labute approximate surface area is 121 Å². The molecule has 0 aromatic rings. The van der Waals surface area contributed by atoms with Gasteiger partial charge >= 0.3 is 0 Å². The first kappa shape index (κ1) is 13.9. The highest BCUT2D eigenvalue weighted by molar-refractivity contribution is 5.98. The van der Waals surface area contributed by atoms with Crippen LogP contribution >= 0.6 is 0 Å². The molecule has 1 heterocycles. The maximum Gasteiger partial charge on any atom is 0.248 e. The average molecular weight is 278 g/mol. The smallest absolute Gasteiger partial charge is 0.248 e. The van der Waals surface area contributed by atoms with Crippen molar-refractivity contribution in [1.29, 1.82) is 0 Å². The van der Waals surface area contributed by atoms with E-state index in [1.54, 1.807) is 0 Å². The molecule has 4 heteroatoms. The Balaban J connectivity index is 1.76. The van der Waals surface area contributed by atoms with Gasteiger partial charge in [0.1, 0.15) is 5.54 Å². The molecular formula is C16H26N2O2. The van der Waals surface area contributed by atoms with Crippen LogP contribution in [0.3, 0.4) is 0 Å². The summed E-state index contributed by atoms with van der Waals surface area (Å²) in [6.45, 7) is 3.27. The first-order valence-corrected chi connectivity index (χ1v) is 8.20. The number of nitrogens with one attached hydrogen (secondary N) is 1. The molecule has 1 spiro atoms. The van der Waals surface area contributed by atoms with Crippen molar-refractivity contribution in [2.24, 2.45) is 5.41 Å². The average Bonchev–Trinajstić information content (AvgIpc) is 2.40. The first-order valence-electron chi connectivity index (χ1n) is 8.20. The van der Waals surface area contributed by atoms with E-state index in [4.69, 9.17) is 0 Å². The van der Waals surface area contributed by atoms with E-state index >= 15 is 0 Å². The van der Waals surface area contributed by atoms with E-state index in [1.165, 1.54) is 25.7 Å². The van der Waals surface area contributed by atoms with Crippen molar-refractivity contribution in [3.05, 3.63) is 0 Å². The normalized spacial score (nSPS) is 28.1. The summed E-state index contributed by atoms with van der Waals surface area (Å²) in [7, 11) is 0. The van der Waals surface area contributed by atoms with Crippen LogP contribution < -0.4 is 5.32 Å². The van der Waals surface area contributed by atoms with Crippen molar-refractivity contribution < 1.29 is 9.59 Å². The summed E-state index contributed by atoms with van der Waals surface area (Å²) in [5, 5.41) is 3.02. The molecule has 1 saturated heterocycles. The van der Waals surface area contributed by atoms with E-state index in [9.17, 15) is 9.59 Å². The molecule has 4 nitrogen and oxygen atoms in total. The Kier molecular flexibility index (Phi) is 3.51. The SMILES string of the molecule is CCC1(CN2CC(=O)NC3(CCCCC3)C2=O)CCC1. The van der Waals surface area contributed by atoms with E-state index in [-0.39, 0.29) is 18.4 Å². The highest BCUT2D eigenvalue weighted by atomic mass is 16.2. The fourth-order valence-electron chi connectivity index (χ4n) is 4.23. The largest absolute Gasteiger partial charge is 0.340 e. The molecule has 0 aromatic carbocycles. The van der Waals surface area contributed by atoms with Crippen LogP contribution in [0.4, 0.5) is 0 Å². The van der Waals surface area contributed by atoms with Crippen LogP contribution in [0.15, 0.2) is 0 Å². The maximum atomic E-state index is 12.9. The van der Waals surface area contributed by atoms with E-state index in [0.29, 0.717) is 5.41 Å². The van der Waals surface area contributed by atoms with Gasteiger partial charge in [-0.15, -0.1) is 0 Å². The second kappa shape index (κ2) is 5.05. The Bertz CT molecular complexity index is 403. The minimum atomic E-state index is -0.563. The number of hydrogen-bond acceptors (Lipinski definition) is 2. The van der Waals surface area contributed by atoms with Crippen LogP contribution in [-0.2, 0) is 9.59 Å². The molecule has 3 aliphatic rings. The number of amides is 2. The predicted octanol–water partition coefficient (Wildman–Crippen LogP) is 2.23. The second-order valence-electron chi connectivity index (χ2n) is 7.06. The first-order chi connectivity index (χ1) is 9.59. The zero-order valence-electron chi connectivity index (χ0n) is 12.5. The Morgan fingerprint density at radius 1 is 1.05 bits per heavy atom. The lowest BCUT2D eigenvalue weighted by Gasteiger charge is -2.49. The summed E-state index contributed by atoms with van der Waals surface area (Å²) in [4.78, 5) is 26.8. The number of hydrogen-bond donors (Lipinski definition) is 1. The molecule has 112 valence electrons. The van der Waals surface area contributed by atoms with Gasteiger partial charge in [-0.05, 0) is 37.5 Å². The Morgan fingerprint density at radius 3 is 2.30 bits per heavy atom. The van der Waals surface area contributed by atoms with Crippen LogP contribution in [0, 0.1) is 5.41 Å². The molecule has 0 bridgehead atoms. The molecule has 20 heavy (non-hydrogen) atoms. The monoisotopic (exact) mass is 278 g/mol. The quantitative estimate of drug-likeness (QED) is 0.860. The van der Waals surface area contributed by atoms with E-state index in [2.05, 4.69) is 12.2 Å². The highest BCUT2D eigenvalue weighted by Gasteiger charge is 2.49. The van der Waals surface area contributed by atoms with Gasteiger partial charge in [0.25, 0.3) is 0 Å². The fraction of sp³-hybridized carbons (Fsp3) is 0.875. The number of carbonyl (C=O) groups excluding carboxylic acids is 2. The Morgan fingerprint density at radius 2 is 1.75 bits per heavy atom. The number of rotatable bonds is 3. The molecule has 0 radical (unpaired) electrons. The maximum absolute atomic E-state index is 12.9. The van der Waals surface area contributed by atoms with Crippen molar-refractivity contribution in [1.82, 2.24) is 10.2 Å². The van der Waals surface area contributed by atoms with Gasteiger partial charge in [-0.1, -0.05) is 32.6 Å². The lowest BCUT2D eigenvalue weighted by Crippen LogP contribution is -2.68. The van der Waals surface area contributed by atoms with Gasteiger partial charge in [0.05, 0.1) is 6.54 Å². The molecule has 3 rings (SSSR count). The summed E-state index contributed by atoms with van der Waals surface area (Å²) in [6.07, 6.45) is 9.75. The molecule has 2 aliphatic carbocycles.